The molecule has 6 nitrogen and oxygen atoms in total. The summed E-state index contributed by atoms with van der Waals surface area (Å²) in [5.74, 6) is -1.64. The van der Waals surface area contributed by atoms with Crippen molar-refractivity contribution in [1.29, 1.82) is 0 Å². The summed E-state index contributed by atoms with van der Waals surface area (Å²) in [4.78, 5) is 14.8. The van der Waals surface area contributed by atoms with Gasteiger partial charge in [0, 0.05) is 24.5 Å². The number of alkyl halides is 3. The average Bonchev–Trinajstić information content (AvgIpc) is 3.32. The number of hydrogen-bond acceptors (Lipinski definition) is 4. The summed E-state index contributed by atoms with van der Waals surface area (Å²) in [5, 5.41) is 9.42. The Morgan fingerprint density at radius 3 is 2.57 bits per heavy atom. The third kappa shape index (κ3) is 3.60. The van der Waals surface area contributed by atoms with Crippen molar-refractivity contribution in [2.45, 2.75) is 19.5 Å². The van der Waals surface area contributed by atoms with E-state index in [1.54, 1.807) is 12.1 Å². The molecule has 10 heteroatoms. The first-order valence-corrected chi connectivity index (χ1v) is 9.26. The number of fused-ring (bicyclic) bond motifs is 1. The molecule has 0 radical (unpaired) electrons. The SMILES string of the molecule is CCN1CCc2ccc(NC(=O)c3nnn(-c4ccc(F)cc4)c3C(F)(F)F)cc21. The van der Waals surface area contributed by atoms with E-state index in [9.17, 15) is 22.4 Å². The van der Waals surface area contributed by atoms with E-state index >= 15 is 0 Å². The van der Waals surface area contributed by atoms with Gasteiger partial charge in [-0.3, -0.25) is 4.79 Å². The van der Waals surface area contributed by atoms with Gasteiger partial charge in [0.15, 0.2) is 11.4 Å². The summed E-state index contributed by atoms with van der Waals surface area (Å²) < 4.78 is 54.8. The molecule has 1 aromatic heterocycles. The second-order valence-corrected chi connectivity index (χ2v) is 6.80. The molecule has 0 spiro atoms. The largest absolute Gasteiger partial charge is 0.435 e. The molecule has 0 saturated carbocycles. The van der Waals surface area contributed by atoms with Crippen LogP contribution in [0.15, 0.2) is 42.5 Å². The number of benzene rings is 2. The number of amides is 1. The molecule has 4 rings (SSSR count). The van der Waals surface area contributed by atoms with E-state index in [-0.39, 0.29) is 5.69 Å². The number of rotatable bonds is 4. The summed E-state index contributed by atoms with van der Waals surface area (Å²) in [7, 11) is 0. The second kappa shape index (κ2) is 7.43. The highest BCUT2D eigenvalue weighted by Gasteiger charge is 2.42. The molecule has 156 valence electrons. The van der Waals surface area contributed by atoms with E-state index in [2.05, 4.69) is 20.5 Å². The number of aromatic nitrogens is 3. The van der Waals surface area contributed by atoms with E-state index in [1.165, 1.54) is 0 Å². The zero-order valence-corrected chi connectivity index (χ0v) is 15.9. The molecule has 2 heterocycles. The van der Waals surface area contributed by atoms with Crippen molar-refractivity contribution < 1.29 is 22.4 Å². The van der Waals surface area contributed by atoms with Crippen molar-refractivity contribution in [3.8, 4) is 5.69 Å². The quantitative estimate of drug-likeness (QED) is 0.648. The molecule has 1 aliphatic rings. The molecule has 0 aliphatic carbocycles. The van der Waals surface area contributed by atoms with Crippen LogP contribution in [0.1, 0.15) is 28.7 Å². The lowest BCUT2D eigenvalue weighted by atomic mass is 10.1. The predicted molar refractivity (Wildman–Crippen MR) is 102 cm³/mol. The minimum Gasteiger partial charge on any atom is -0.371 e. The topological polar surface area (TPSA) is 63.1 Å². The number of carbonyl (C=O) groups excluding carboxylic acids is 1. The Morgan fingerprint density at radius 1 is 1.17 bits per heavy atom. The average molecular weight is 419 g/mol. The summed E-state index contributed by atoms with van der Waals surface area (Å²) >= 11 is 0. The van der Waals surface area contributed by atoms with Crippen molar-refractivity contribution >= 4 is 17.3 Å². The number of halogens is 4. The molecule has 1 N–H and O–H groups in total. The fraction of sp³-hybridized carbons (Fsp3) is 0.250. The van der Waals surface area contributed by atoms with Crippen LogP contribution in [0.3, 0.4) is 0 Å². The zero-order valence-electron chi connectivity index (χ0n) is 15.9. The standard InChI is InChI=1S/C20H17F4N5O/c1-2-28-10-9-12-3-6-14(11-16(12)28)25-19(30)17-18(20(22,23)24)29(27-26-17)15-7-4-13(21)5-8-15/h3-8,11H,2,9-10H2,1H3,(H,25,30). The van der Waals surface area contributed by atoms with Gasteiger partial charge in [0.25, 0.3) is 5.91 Å². The number of anilines is 2. The molecule has 3 aromatic rings. The van der Waals surface area contributed by atoms with E-state index in [1.807, 2.05) is 13.0 Å². The van der Waals surface area contributed by atoms with Crippen LogP contribution in [0.25, 0.3) is 5.69 Å². The Bertz CT molecular complexity index is 1090. The first-order valence-electron chi connectivity index (χ1n) is 9.26. The number of hydrogen-bond donors (Lipinski definition) is 1. The van der Waals surface area contributed by atoms with Gasteiger partial charge in [-0.25, -0.2) is 9.07 Å². The normalized spacial score (nSPS) is 13.4. The fourth-order valence-corrected chi connectivity index (χ4v) is 3.49. The Labute approximate surface area is 169 Å². The monoisotopic (exact) mass is 419 g/mol. The highest BCUT2D eigenvalue weighted by Crippen LogP contribution is 2.34. The van der Waals surface area contributed by atoms with Gasteiger partial charge in [-0.1, -0.05) is 11.3 Å². The maximum absolute atomic E-state index is 13.7. The Morgan fingerprint density at radius 2 is 1.90 bits per heavy atom. The summed E-state index contributed by atoms with van der Waals surface area (Å²) in [6, 6.07) is 9.49. The van der Waals surface area contributed by atoms with Gasteiger partial charge >= 0.3 is 6.18 Å². The van der Waals surface area contributed by atoms with Gasteiger partial charge in [-0.05, 0) is 55.3 Å². The first-order chi connectivity index (χ1) is 14.3. The van der Waals surface area contributed by atoms with Crippen molar-refractivity contribution in [2.24, 2.45) is 0 Å². The minimum absolute atomic E-state index is 0.0635. The van der Waals surface area contributed by atoms with Crippen LogP contribution in [0.5, 0.6) is 0 Å². The Kier molecular flexibility index (Phi) is 4.92. The smallest absolute Gasteiger partial charge is 0.371 e. The molecule has 0 fully saturated rings. The van der Waals surface area contributed by atoms with Gasteiger partial charge < -0.3 is 10.2 Å². The lowest BCUT2D eigenvalue weighted by Crippen LogP contribution is -2.21. The van der Waals surface area contributed by atoms with Gasteiger partial charge in [0.1, 0.15) is 5.82 Å². The minimum atomic E-state index is -4.90. The van der Waals surface area contributed by atoms with Crippen molar-refractivity contribution in [3.63, 3.8) is 0 Å². The molecular weight excluding hydrogens is 402 g/mol. The van der Waals surface area contributed by atoms with Crippen LogP contribution < -0.4 is 10.2 Å². The zero-order chi connectivity index (χ0) is 21.5. The number of likely N-dealkylation sites (N-methyl/N-ethyl adjacent to an activating group) is 1. The predicted octanol–water partition coefficient (Wildman–Crippen LogP) is 4.06. The van der Waals surface area contributed by atoms with E-state index in [0.29, 0.717) is 10.4 Å². The molecule has 0 atom stereocenters. The molecule has 2 aromatic carbocycles. The van der Waals surface area contributed by atoms with Crippen LogP contribution in [0.4, 0.5) is 28.9 Å². The highest BCUT2D eigenvalue weighted by molar-refractivity contribution is 6.04. The lowest BCUT2D eigenvalue weighted by molar-refractivity contribution is -0.143. The fourth-order valence-electron chi connectivity index (χ4n) is 3.49. The third-order valence-corrected chi connectivity index (χ3v) is 4.94. The molecule has 30 heavy (non-hydrogen) atoms. The van der Waals surface area contributed by atoms with Gasteiger partial charge in [-0.15, -0.1) is 5.10 Å². The van der Waals surface area contributed by atoms with Gasteiger partial charge in [0.2, 0.25) is 0 Å². The highest BCUT2D eigenvalue weighted by atomic mass is 19.4. The Hall–Kier alpha value is -3.43. The van der Waals surface area contributed by atoms with Crippen LogP contribution >= 0.6 is 0 Å². The van der Waals surface area contributed by atoms with E-state index in [4.69, 9.17) is 0 Å². The van der Waals surface area contributed by atoms with Crippen molar-refractivity contribution in [2.75, 3.05) is 23.3 Å². The van der Waals surface area contributed by atoms with Crippen LogP contribution in [0.2, 0.25) is 0 Å². The summed E-state index contributed by atoms with van der Waals surface area (Å²) in [6.07, 6.45) is -4.02. The molecule has 0 unspecified atom stereocenters. The molecule has 1 aliphatic heterocycles. The van der Waals surface area contributed by atoms with Crippen LogP contribution in [0, 0.1) is 5.82 Å². The van der Waals surface area contributed by atoms with Gasteiger partial charge in [0.05, 0.1) is 5.69 Å². The van der Waals surface area contributed by atoms with Crippen molar-refractivity contribution in [3.05, 3.63) is 65.2 Å². The number of nitrogens with one attached hydrogen (secondary N) is 1. The van der Waals surface area contributed by atoms with E-state index < -0.39 is 29.3 Å². The van der Waals surface area contributed by atoms with Gasteiger partial charge in [-0.2, -0.15) is 13.2 Å². The maximum atomic E-state index is 13.7. The summed E-state index contributed by atoms with van der Waals surface area (Å²) in [6.45, 7) is 3.64. The van der Waals surface area contributed by atoms with E-state index in [0.717, 1.165) is 55.0 Å². The molecular formula is C20H17F4N5O. The van der Waals surface area contributed by atoms with Crippen LogP contribution in [-0.2, 0) is 12.6 Å². The summed E-state index contributed by atoms with van der Waals surface area (Å²) in [5.41, 5.74) is 0.173. The lowest BCUT2D eigenvalue weighted by Gasteiger charge is -2.17. The maximum Gasteiger partial charge on any atom is 0.435 e. The van der Waals surface area contributed by atoms with Crippen molar-refractivity contribution in [1.82, 2.24) is 15.0 Å². The number of carbonyl (C=O) groups is 1. The molecule has 1 amide bonds. The van der Waals surface area contributed by atoms with Crippen LogP contribution in [-0.4, -0.2) is 34.0 Å². The Balaban J connectivity index is 1.67. The number of nitrogens with zero attached hydrogens (tertiary/aromatic N) is 4. The third-order valence-electron chi connectivity index (χ3n) is 4.94. The second-order valence-electron chi connectivity index (χ2n) is 6.80. The first kappa shape index (κ1) is 19.9. The molecule has 0 bridgehead atoms. The molecule has 0 saturated heterocycles.